The summed E-state index contributed by atoms with van der Waals surface area (Å²) in [5, 5.41) is 0. The number of hydrogen-bond donors (Lipinski definition) is 1. The fraction of sp³-hybridized carbons (Fsp3) is 0.450. The van der Waals surface area contributed by atoms with Crippen LogP contribution in [-0.4, -0.2) is 34.9 Å². The molecule has 1 aliphatic carbocycles. The smallest absolute Gasteiger partial charge is 0.403 e. The summed E-state index contributed by atoms with van der Waals surface area (Å²) < 4.78 is 57.0. The molecule has 0 bridgehead atoms. The van der Waals surface area contributed by atoms with Crippen molar-refractivity contribution in [2.45, 2.75) is 38.1 Å². The summed E-state index contributed by atoms with van der Waals surface area (Å²) in [7, 11) is 0. The van der Waals surface area contributed by atoms with Crippen LogP contribution in [0.15, 0.2) is 29.1 Å². The van der Waals surface area contributed by atoms with E-state index in [0.29, 0.717) is 18.7 Å². The van der Waals surface area contributed by atoms with Crippen LogP contribution in [0.2, 0.25) is 0 Å². The highest BCUT2D eigenvalue weighted by Crippen LogP contribution is 2.45. The number of amides is 1. The van der Waals surface area contributed by atoms with Crippen molar-refractivity contribution < 1.29 is 27.1 Å². The van der Waals surface area contributed by atoms with Gasteiger partial charge in [-0.1, -0.05) is 6.07 Å². The van der Waals surface area contributed by atoms with E-state index in [9.17, 15) is 27.2 Å². The van der Waals surface area contributed by atoms with Crippen molar-refractivity contribution in [3.63, 3.8) is 0 Å². The van der Waals surface area contributed by atoms with Crippen LogP contribution in [0.25, 0.3) is 0 Å². The van der Waals surface area contributed by atoms with Crippen LogP contribution in [0, 0.1) is 11.7 Å². The van der Waals surface area contributed by atoms with Crippen LogP contribution < -0.4 is 20.9 Å². The highest BCUT2D eigenvalue weighted by Gasteiger charge is 2.38. The minimum atomic E-state index is -5.02. The van der Waals surface area contributed by atoms with Gasteiger partial charge < -0.3 is 15.4 Å². The number of carbonyl (C=O) groups excluding carboxylic acids is 1. The van der Waals surface area contributed by atoms with E-state index in [4.69, 9.17) is 5.73 Å². The van der Waals surface area contributed by atoms with Crippen LogP contribution in [-0.2, 0) is 0 Å². The fourth-order valence-electron chi connectivity index (χ4n) is 3.96. The number of aromatic nitrogens is 2. The third kappa shape index (κ3) is 4.49. The molecule has 0 radical (unpaired) electrons. The van der Waals surface area contributed by atoms with Gasteiger partial charge in [-0.25, -0.2) is 9.37 Å². The van der Waals surface area contributed by atoms with Gasteiger partial charge in [-0.05, 0) is 49.3 Å². The molecule has 166 valence electrons. The van der Waals surface area contributed by atoms with E-state index in [0.717, 1.165) is 43.9 Å². The SMILES string of the molecule is NC(=O)c1cc(=O)n([C@@H](c2ccc(OC(F)(F)F)c(F)c2)C2CC2)c(N2CCCC2)n1. The zero-order chi connectivity index (χ0) is 22.3. The molecule has 2 fully saturated rings. The Bertz CT molecular complexity index is 1060. The van der Waals surface area contributed by atoms with Crippen molar-refractivity contribution in [3.8, 4) is 5.75 Å². The third-order valence-electron chi connectivity index (χ3n) is 5.44. The van der Waals surface area contributed by atoms with Crippen molar-refractivity contribution in [2.75, 3.05) is 18.0 Å². The quantitative estimate of drug-likeness (QED) is 0.698. The van der Waals surface area contributed by atoms with Crippen LogP contribution in [0.3, 0.4) is 0 Å². The minimum absolute atomic E-state index is 0.0194. The summed E-state index contributed by atoms with van der Waals surface area (Å²) in [6, 6.07) is 3.56. The Hall–Kier alpha value is -3.11. The highest BCUT2D eigenvalue weighted by molar-refractivity contribution is 5.90. The van der Waals surface area contributed by atoms with Gasteiger partial charge in [0.15, 0.2) is 11.6 Å². The second-order valence-electron chi connectivity index (χ2n) is 7.73. The molecule has 1 amide bonds. The van der Waals surface area contributed by atoms with Crippen LogP contribution >= 0.6 is 0 Å². The molecule has 1 atom stereocenters. The molecule has 2 N–H and O–H groups in total. The van der Waals surface area contributed by atoms with Crippen molar-refractivity contribution in [1.82, 2.24) is 9.55 Å². The number of halogens is 4. The largest absolute Gasteiger partial charge is 0.573 e. The van der Waals surface area contributed by atoms with Gasteiger partial charge >= 0.3 is 6.36 Å². The second kappa shape index (κ2) is 7.86. The molecule has 1 aromatic heterocycles. The molecule has 1 saturated carbocycles. The zero-order valence-electron chi connectivity index (χ0n) is 16.4. The Kier molecular flexibility index (Phi) is 5.36. The number of primary amides is 1. The maximum atomic E-state index is 14.4. The van der Waals surface area contributed by atoms with Crippen molar-refractivity contribution in [3.05, 3.63) is 51.7 Å². The summed E-state index contributed by atoms with van der Waals surface area (Å²) in [6.45, 7) is 1.25. The Balaban J connectivity index is 1.81. The number of carbonyl (C=O) groups is 1. The molecule has 2 heterocycles. The third-order valence-corrected chi connectivity index (χ3v) is 5.44. The molecule has 0 spiro atoms. The number of nitrogens with zero attached hydrogens (tertiary/aromatic N) is 3. The molecule has 0 unspecified atom stereocenters. The highest BCUT2D eigenvalue weighted by atomic mass is 19.4. The lowest BCUT2D eigenvalue weighted by Gasteiger charge is -2.28. The lowest BCUT2D eigenvalue weighted by Crippen LogP contribution is -2.36. The standard InChI is InChI=1S/C20H20F4N4O3/c21-13-9-12(5-6-15(13)31-20(22,23)24)17(11-3-4-11)28-16(29)10-14(18(25)30)26-19(28)27-7-1-2-8-27/h5-6,9-11,17H,1-4,7-8H2,(H2,25,30)/t17-/m1/s1. The van der Waals surface area contributed by atoms with Crippen molar-refractivity contribution >= 4 is 11.9 Å². The molecule has 11 heteroatoms. The summed E-state index contributed by atoms with van der Waals surface area (Å²) in [5.74, 6) is -2.73. The first kappa shape index (κ1) is 21.1. The molecule has 31 heavy (non-hydrogen) atoms. The number of rotatable bonds is 6. The summed E-state index contributed by atoms with van der Waals surface area (Å²) in [4.78, 5) is 30.9. The maximum Gasteiger partial charge on any atom is 0.573 e. The Labute approximate surface area is 174 Å². The average molecular weight is 440 g/mol. The van der Waals surface area contributed by atoms with Gasteiger partial charge in [0.2, 0.25) is 5.95 Å². The fourth-order valence-corrected chi connectivity index (χ4v) is 3.96. The van der Waals surface area contributed by atoms with E-state index in [2.05, 4.69) is 9.72 Å². The number of ether oxygens (including phenoxy) is 1. The van der Waals surface area contributed by atoms with Gasteiger partial charge in [0.1, 0.15) is 5.69 Å². The second-order valence-corrected chi connectivity index (χ2v) is 7.73. The molecule has 1 aromatic carbocycles. The van der Waals surface area contributed by atoms with E-state index < -0.39 is 35.4 Å². The zero-order valence-corrected chi connectivity index (χ0v) is 16.4. The minimum Gasteiger partial charge on any atom is -0.403 e. The molecule has 7 nitrogen and oxygen atoms in total. The van der Waals surface area contributed by atoms with E-state index >= 15 is 0 Å². The number of benzene rings is 1. The van der Waals surface area contributed by atoms with Gasteiger partial charge in [-0.3, -0.25) is 14.2 Å². The van der Waals surface area contributed by atoms with Gasteiger partial charge in [-0.15, -0.1) is 13.2 Å². The van der Waals surface area contributed by atoms with Gasteiger partial charge in [0.05, 0.1) is 6.04 Å². The van der Waals surface area contributed by atoms with E-state index in [1.807, 2.05) is 4.90 Å². The molecule has 1 aliphatic heterocycles. The number of alkyl halides is 3. The average Bonchev–Trinajstić information content (AvgIpc) is 3.36. The summed E-state index contributed by atoms with van der Waals surface area (Å²) in [6.07, 6.45) is -1.74. The number of anilines is 1. The number of hydrogen-bond acceptors (Lipinski definition) is 5. The van der Waals surface area contributed by atoms with Gasteiger partial charge in [-0.2, -0.15) is 0 Å². The Morgan fingerprint density at radius 1 is 1.19 bits per heavy atom. The Morgan fingerprint density at radius 3 is 2.42 bits per heavy atom. The van der Waals surface area contributed by atoms with E-state index in [1.54, 1.807) is 0 Å². The molecule has 1 saturated heterocycles. The molecule has 2 aromatic rings. The first-order valence-corrected chi connectivity index (χ1v) is 9.87. The van der Waals surface area contributed by atoms with Crippen LogP contribution in [0.4, 0.5) is 23.5 Å². The van der Waals surface area contributed by atoms with Gasteiger partial charge in [0, 0.05) is 19.2 Å². The first-order valence-electron chi connectivity index (χ1n) is 9.87. The molecule has 2 aliphatic rings. The predicted octanol–water partition coefficient (Wildman–Crippen LogP) is 2.98. The van der Waals surface area contributed by atoms with E-state index in [-0.39, 0.29) is 17.6 Å². The van der Waals surface area contributed by atoms with Crippen LogP contribution in [0.5, 0.6) is 5.75 Å². The van der Waals surface area contributed by atoms with Gasteiger partial charge in [0.25, 0.3) is 11.5 Å². The molecule has 4 rings (SSSR count). The normalized spacial score (nSPS) is 17.6. The molecular weight excluding hydrogens is 420 g/mol. The predicted molar refractivity (Wildman–Crippen MR) is 102 cm³/mol. The molecular formula is C20H20F4N4O3. The van der Waals surface area contributed by atoms with Crippen LogP contribution in [0.1, 0.15) is 47.8 Å². The maximum absolute atomic E-state index is 14.4. The van der Waals surface area contributed by atoms with Crippen molar-refractivity contribution in [2.24, 2.45) is 11.7 Å². The topological polar surface area (TPSA) is 90.5 Å². The van der Waals surface area contributed by atoms with Crippen molar-refractivity contribution in [1.29, 1.82) is 0 Å². The number of nitrogens with two attached hydrogens (primary N) is 1. The summed E-state index contributed by atoms with van der Waals surface area (Å²) in [5.41, 5.74) is 4.95. The lowest BCUT2D eigenvalue weighted by atomic mass is 10.0. The lowest BCUT2D eigenvalue weighted by molar-refractivity contribution is -0.275. The first-order chi connectivity index (χ1) is 14.6. The van der Waals surface area contributed by atoms with E-state index in [1.165, 1.54) is 10.6 Å². The Morgan fingerprint density at radius 2 is 1.87 bits per heavy atom. The summed E-state index contributed by atoms with van der Waals surface area (Å²) >= 11 is 0. The monoisotopic (exact) mass is 440 g/mol.